The summed E-state index contributed by atoms with van der Waals surface area (Å²) in [5.74, 6) is 0. The van der Waals surface area contributed by atoms with Gasteiger partial charge in [0.25, 0.3) is 0 Å². The second-order valence-corrected chi connectivity index (χ2v) is 6.78. The minimum absolute atomic E-state index is 0.0228. The van der Waals surface area contributed by atoms with Gasteiger partial charge in [0.1, 0.15) is 0 Å². The predicted molar refractivity (Wildman–Crippen MR) is 95.6 cm³/mol. The van der Waals surface area contributed by atoms with Gasteiger partial charge in [0.15, 0.2) is 0 Å². The van der Waals surface area contributed by atoms with E-state index in [9.17, 15) is 4.79 Å². The Morgan fingerprint density at radius 2 is 2.08 bits per heavy atom. The van der Waals surface area contributed by atoms with Crippen LogP contribution >= 0.6 is 0 Å². The summed E-state index contributed by atoms with van der Waals surface area (Å²) in [6.45, 7) is 5.33. The quantitative estimate of drug-likeness (QED) is 0.892. The van der Waals surface area contributed by atoms with Gasteiger partial charge >= 0.3 is 6.03 Å². The lowest BCUT2D eigenvalue weighted by Crippen LogP contribution is -2.51. The van der Waals surface area contributed by atoms with E-state index in [1.165, 1.54) is 12.8 Å². The van der Waals surface area contributed by atoms with Crippen LogP contribution in [0.2, 0.25) is 0 Å². The molecule has 0 saturated carbocycles. The first kappa shape index (κ1) is 16.2. The average Bonchev–Trinajstić information content (AvgIpc) is 3.26. The molecular formula is C18H23N5O2. The van der Waals surface area contributed by atoms with Crippen LogP contribution in [-0.4, -0.2) is 59.5 Å². The van der Waals surface area contributed by atoms with Crippen molar-refractivity contribution in [1.29, 1.82) is 0 Å². The molecule has 3 heterocycles. The van der Waals surface area contributed by atoms with E-state index in [2.05, 4.69) is 25.7 Å². The van der Waals surface area contributed by atoms with Crippen LogP contribution in [0.4, 0.5) is 10.5 Å². The highest BCUT2D eigenvalue weighted by molar-refractivity contribution is 6.00. The normalized spacial score (nSPS) is 23.9. The monoisotopic (exact) mass is 341 g/mol. The van der Waals surface area contributed by atoms with Crippen LogP contribution in [0.25, 0.3) is 10.9 Å². The zero-order valence-corrected chi connectivity index (χ0v) is 14.4. The van der Waals surface area contributed by atoms with Crippen molar-refractivity contribution < 1.29 is 9.53 Å². The molecule has 1 aromatic carbocycles. The van der Waals surface area contributed by atoms with Crippen LogP contribution < -0.4 is 10.6 Å². The number of likely N-dealkylation sites (tertiary alicyclic amines) is 1. The maximum absolute atomic E-state index is 12.5. The van der Waals surface area contributed by atoms with Crippen LogP contribution in [-0.2, 0) is 4.74 Å². The molecule has 2 fully saturated rings. The van der Waals surface area contributed by atoms with Crippen molar-refractivity contribution in [3.63, 3.8) is 0 Å². The molecule has 0 unspecified atom stereocenters. The van der Waals surface area contributed by atoms with E-state index in [0.29, 0.717) is 13.2 Å². The van der Waals surface area contributed by atoms with E-state index in [-0.39, 0.29) is 18.1 Å². The first-order valence-corrected chi connectivity index (χ1v) is 8.83. The Balaban J connectivity index is 1.46. The van der Waals surface area contributed by atoms with Crippen molar-refractivity contribution in [2.75, 3.05) is 31.6 Å². The van der Waals surface area contributed by atoms with Crippen LogP contribution in [0.5, 0.6) is 0 Å². The summed E-state index contributed by atoms with van der Waals surface area (Å²) in [6.07, 6.45) is 2.46. The summed E-state index contributed by atoms with van der Waals surface area (Å²) in [7, 11) is 0. The van der Waals surface area contributed by atoms with Crippen molar-refractivity contribution in [3.8, 4) is 0 Å². The van der Waals surface area contributed by atoms with Gasteiger partial charge < -0.3 is 15.4 Å². The Morgan fingerprint density at radius 1 is 1.24 bits per heavy atom. The third-order valence-electron chi connectivity index (χ3n) is 4.98. The minimum atomic E-state index is -0.207. The molecule has 0 spiro atoms. The van der Waals surface area contributed by atoms with Crippen LogP contribution in [0.3, 0.4) is 0 Å². The molecule has 2 aromatic rings. The minimum Gasteiger partial charge on any atom is -0.378 e. The van der Waals surface area contributed by atoms with Crippen LogP contribution in [0, 0.1) is 6.92 Å². The van der Waals surface area contributed by atoms with Crippen molar-refractivity contribution in [2.45, 2.75) is 31.8 Å². The number of amides is 2. The van der Waals surface area contributed by atoms with Crippen molar-refractivity contribution >= 4 is 22.6 Å². The molecule has 2 aliphatic rings. The van der Waals surface area contributed by atoms with Crippen LogP contribution in [0.15, 0.2) is 24.3 Å². The molecule has 7 heteroatoms. The fourth-order valence-corrected chi connectivity index (χ4v) is 3.71. The smallest absolute Gasteiger partial charge is 0.319 e. The maximum Gasteiger partial charge on any atom is 0.319 e. The van der Waals surface area contributed by atoms with E-state index in [0.717, 1.165) is 35.4 Å². The van der Waals surface area contributed by atoms with Gasteiger partial charge in [-0.3, -0.25) is 4.90 Å². The lowest BCUT2D eigenvalue weighted by atomic mass is 10.1. The van der Waals surface area contributed by atoms with Gasteiger partial charge in [-0.25, -0.2) is 4.79 Å². The van der Waals surface area contributed by atoms with Gasteiger partial charge in [0.2, 0.25) is 0 Å². The number of benzene rings is 1. The first-order chi connectivity index (χ1) is 12.2. The highest BCUT2D eigenvalue weighted by atomic mass is 16.5. The average molecular weight is 341 g/mol. The molecule has 0 bridgehead atoms. The summed E-state index contributed by atoms with van der Waals surface area (Å²) in [5.41, 5.74) is 2.33. The fraction of sp³-hybridized carbons (Fsp3) is 0.500. The molecule has 2 atom stereocenters. The van der Waals surface area contributed by atoms with Gasteiger partial charge in [-0.15, -0.1) is 0 Å². The lowest BCUT2D eigenvalue weighted by molar-refractivity contribution is 0.159. The number of anilines is 1. The third-order valence-corrected chi connectivity index (χ3v) is 4.98. The summed E-state index contributed by atoms with van der Waals surface area (Å²) in [4.78, 5) is 15.0. The third kappa shape index (κ3) is 3.43. The molecule has 0 radical (unpaired) electrons. The summed E-state index contributed by atoms with van der Waals surface area (Å²) in [5, 5.41) is 15.2. The molecule has 4 rings (SSSR count). The zero-order chi connectivity index (χ0) is 17.2. The van der Waals surface area contributed by atoms with E-state index in [1.54, 1.807) is 0 Å². The Hall–Kier alpha value is -2.25. The second kappa shape index (κ2) is 6.93. The standard InChI is InChI=1S/C18H23N5O2/c1-12-9-13-14(5-4-6-15(13)22-21-12)19-18(24)20-16-10-25-11-17(16)23-7-2-3-8-23/h4-6,9,16-17H,2-3,7-8,10-11H2,1H3,(H2,19,20,24)/t16-,17-/m0/s1. The number of carbonyl (C=O) groups is 1. The topological polar surface area (TPSA) is 79.4 Å². The molecule has 1 aromatic heterocycles. The molecule has 25 heavy (non-hydrogen) atoms. The van der Waals surface area contributed by atoms with E-state index in [4.69, 9.17) is 4.74 Å². The summed E-state index contributed by atoms with van der Waals surface area (Å²) >= 11 is 0. The lowest BCUT2D eigenvalue weighted by Gasteiger charge is -2.28. The summed E-state index contributed by atoms with van der Waals surface area (Å²) < 4.78 is 5.62. The highest BCUT2D eigenvalue weighted by Gasteiger charge is 2.35. The Kier molecular flexibility index (Phi) is 4.50. The Bertz CT molecular complexity index is 775. The molecule has 132 valence electrons. The van der Waals surface area contributed by atoms with Gasteiger partial charge in [-0.2, -0.15) is 10.2 Å². The number of urea groups is 1. The van der Waals surface area contributed by atoms with Gasteiger partial charge in [0, 0.05) is 5.39 Å². The highest BCUT2D eigenvalue weighted by Crippen LogP contribution is 2.22. The van der Waals surface area contributed by atoms with Crippen LogP contribution in [0.1, 0.15) is 18.5 Å². The maximum atomic E-state index is 12.5. The number of aromatic nitrogens is 2. The van der Waals surface area contributed by atoms with Crippen molar-refractivity contribution in [2.24, 2.45) is 0 Å². The number of ether oxygens (including phenoxy) is 1. The molecule has 2 amide bonds. The van der Waals surface area contributed by atoms with E-state index < -0.39 is 0 Å². The van der Waals surface area contributed by atoms with E-state index in [1.807, 2.05) is 31.2 Å². The number of carbonyl (C=O) groups excluding carboxylic acids is 1. The summed E-state index contributed by atoms with van der Waals surface area (Å²) in [6, 6.07) is 7.66. The number of nitrogens with zero attached hydrogens (tertiary/aromatic N) is 3. The molecule has 2 N–H and O–H groups in total. The molecule has 2 aliphatic heterocycles. The van der Waals surface area contributed by atoms with Crippen molar-refractivity contribution in [3.05, 3.63) is 30.0 Å². The molecular weight excluding hydrogens is 318 g/mol. The second-order valence-electron chi connectivity index (χ2n) is 6.78. The molecule has 2 saturated heterocycles. The number of hydrogen-bond donors (Lipinski definition) is 2. The molecule has 0 aliphatic carbocycles. The van der Waals surface area contributed by atoms with Gasteiger partial charge in [-0.05, 0) is 51.1 Å². The predicted octanol–water partition coefficient (Wildman–Crippen LogP) is 1.92. The van der Waals surface area contributed by atoms with Gasteiger partial charge in [-0.1, -0.05) is 6.07 Å². The largest absolute Gasteiger partial charge is 0.378 e. The zero-order valence-electron chi connectivity index (χ0n) is 14.4. The number of nitrogens with one attached hydrogen (secondary N) is 2. The number of fused-ring (bicyclic) bond motifs is 1. The number of rotatable bonds is 3. The van der Waals surface area contributed by atoms with E-state index >= 15 is 0 Å². The number of hydrogen-bond acceptors (Lipinski definition) is 5. The fourth-order valence-electron chi connectivity index (χ4n) is 3.71. The van der Waals surface area contributed by atoms with Gasteiger partial charge in [0.05, 0.1) is 42.2 Å². The molecule has 7 nitrogen and oxygen atoms in total. The number of aryl methyl sites for hydroxylation is 1. The van der Waals surface area contributed by atoms with Crippen molar-refractivity contribution in [1.82, 2.24) is 20.4 Å². The Morgan fingerprint density at radius 3 is 2.92 bits per heavy atom. The SMILES string of the molecule is Cc1cc2c(NC(=O)N[C@H]3COC[C@@H]3N3CCCC3)cccc2nn1. The first-order valence-electron chi connectivity index (χ1n) is 8.83. The Labute approximate surface area is 146 Å².